The van der Waals surface area contributed by atoms with Gasteiger partial charge in [0.05, 0.1) is 37.0 Å². The molecule has 0 unspecified atom stereocenters. The molecule has 5 rings (SSSR count). The number of carbonyl (C=O) groups is 1. The molecule has 0 saturated carbocycles. The van der Waals surface area contributed by atoms with Crippen molar-refractivity contribution in [2.45, 2.75) is 18.9 Å². The number of rotatable bonds is 6. The zero-order valence-electron chi connectivity index (χ0n) is 18.4. The van der Waals surface area contributed by atoms with E-state index in [4.69, 9.17) is 34.6 Å². The number of methoxy groups -OCH3 is 2. The van der Waals surface area contributed by atoms with Crippen LogP contribution in [-0.2, 0) is 9.47 Å². The Morgan fingerprint density at radius 2 is 1.82 bits per heavy atom. The van der Waals surface area contributed by atoms with Gasteiger partial charge in [-0.2, -0.15) is 0 Å². The summed E-state index contributed by atoms with van der Waals surface area (Å²) < 4.78 is 23.6. The van der Waals surface area contributed by atoms with Crippen LogP contribution in [0.5, 0.6) is 11.5 Å². The zero-order chi connectivity index (χ0) is 22.9. The van der Waals surface area contributed by atoms with Gasteiger partial charge in [0, 0.05) is 24.8 Å². The van der Waals surface area contributed by atoms with E-state index in [0.29, 0.717) is 46.0 Å². The summed E-state index contributed by atoms with van der Waals surface area (Å²) in [6.45, 7) is 0.845. The molecule has 1 aliphatic heterocycles. The normalized spacial score (nSPS) is 15.8. The average Bonchev–Trinajstić information content (AvgIpc) is 3.46. The fraction of sp³-hybridized carbons (Fsp3) is 0.292. The van der Waals surface area contributed by atoms with E-state index in [0.717, 1.165) is 12.8 Å². The highest BCUT2D eigenvalue weighted by molar-refractivity contribution is 6.09. The summed E-state index contributed by atoms with van der Waals surface area (Å²) in [5, 5.41) is 0. The molecule has 170 valence electrons. The molecule has 0 spiro atoms. The van der Waals surface area contributed by atoms with Gasteiger partial charge >= 0.3 is 5.97 Å². The van der Waals surface area contributed by atoms with Crippen molar-refractivity contribution in [2.24, 2.45) is 0 Å². The molecule has 0 radical (unpaired) electrons. The van der Waals surface area contributed by atoms with Gasteiger partial charge in [0.15, 0.2) is 5.65 Å². The van der Waals surface area contributed by atoms with E-state index >= 15 is 0 Å². The molecular formula is C24H24N4O5. The first-order chi connectivity index (χ1) is 16.1. The quantitative estimate of drug-likeness (QED) is 0.446. The summed E-state index contributed by atoms with van der Waals surface area (Å²) >= 11 is 0. The third-order valence-electron chi connectivity index (χ3n) is 5.72. The van der Waals surface area contributed by atoms with Gasteiger partial charge in [0.1, 0.15) is 35.0 Å². The largest absolute Gasteiger partial charge is 0.497 e. The van der Waals surface area contributed by atoms with Crippen molar-refractivity contribution < 1.29 is 23.7 Å². The van der Waals surface area contributed by atoms with Crippen LogP contribution in [-0.4, -0.2) is 54.0 Å². The number of nitrogens with two attached hydrogens (primary N) is 1. The van der Waals surface area contributed by atoms with Gasteiger partial charge in [0.2, 0.25) is 0 Å². The first-order valence-electron chi connectivity index (χ1n) is 10.7. The Labute approximate surface area is 190 Å². The molecule has 0 aliphatic carbocycles. The lowest BCUT2D eigenvalue weighted by Crippen LogP contribution is -2.18. The maximum Gasteiger partial charge on any atom is 0.344 e. The van der Waals surface area contributed by atoms with Crippen molar-refractivity contribution in [1.82, 2.24) is 14.5 Å². The van der Waals surface area contributed by atoms with Gasteiger partial charge in [-0.05, 0) is 25.0 Å². The summed E-state index contributed by atoms with van der Waals surface area (Å²) in [7, 11) is 3.13. The highest BCUT2D eigenvalue weighted by Crippen LogP contribution is 2.34. The first kappa shape index (κ1) is 21.0. The lowest BCUT2D eigenvalue weighted by molar-refractivity contribution is 0.0163. The van der Waals surface area contributed by atoms with Crippen LogP contribution in [0.4, 0.5) is 5.82 Å². The maximum atomic E-state index is 13.2. The maximum absolute atomic E-state index is 13.2. The summed E-state index contributed by atoms with van der Waals surface area (Å²) in [6.07, 6.45) is 1.72. The Morgan fingerprint density at radius 1 is 1.12 bits per heavy atom. The first-order valence-corrected chi connectivity index (χ1v) is 10.7. The predicted molar refractivity (Wildman–Crippen MR) is 123 cm³/mol. The van der Waals surface area contributed by atoms with Gasteiger partial charge in [0.25, 0.3) is 0 Å². The summed E-state index contributed by atoms with van der Waals surface area (Å²) in [4.78, 5) is 22.7. The molecular weight excluding hydrogens is 424 g/mol. The van der Waals surface area contributed by atoms with E-state index in [2.05, 4.69) is 0 Å². The second kappa shape index (κ2) is 8.59. The second-order valence-electron chi connectivity index (χ2n) is 7.78. The van der Waals surface area contributed by atoms with Crippen LogP contribution in [0.3, 0.4) is 0 Å². The molecule has 2 aromatic carbocycles. The van der Waals surface area contributed by atoms with Gasteiger partial charge < -0.3 is 24.7 Å². The number of aromatic nitrogens is 3. The third kappa shape index (κ3) is 3.80. The third-order valence-corrected chi connectivity index (χ3v) is 5.72. The number of fused-ring (bicyclic) bond motifs is 2. The number of nitrogens with zero attached hydrogens (tertiary/aromatic N) is 3. The summed E-state index contributed by atoms with van der Waals surface area (Å²) in [5.74, 6) is 0.753. The number of benzene rings is 2. The number of hydrogen-bond acceptors (Lipinski definition) is 8. The van der Waals surface area contributed by atoms with Gasteiger partial charge in [-0.1, -0.05) is 12.1 Å². The minimum Gasteiger partial charge on any atom is -0.497 e. The van der Waals surface area contributed by atoms with Crippen LogP contribution in [0.2, 0.25) is 0 Å². The molecule has 2 aromatic heterocycles. The Balaban J connectivity index is 1.69. The van der Waals surface area contributed by atoms with Crippen LogP contribution in [0.1, 0.15) is 23.2 Å². The molecule has 9 heteroatoms. The van der Waals surface area contributed by atoms with Crippen LogP contribution in [0.25, 0.3) is 27.9 Å². The number of anilines is 1. The molecule has 33 heavy (non-hydrogen) atoms. The fourth-order valence-electron chi connectivity index (χ4n) is 4.06. The van der Waals surface area contributed by atoms with Crippen molar-refractivity contribution in [3.8, 4) is 17.2 Å². The molecule has 2 N–H and O–H groups in total. The highest BCUT2D eigenvalue weighted by atomic mass is 16.6. The Morgan fingerprint density at radius 3 is 2.45 bits per heavy atom. The van der Waals surface area contributed by atoms with E-state index in [9.17, 15) is 4.79 Å². The van der Waals surface area contributed by atoms with Crippen molar-refractivity contribution in [3.05, 3.63) is 48.0 Å². The molecule has 1 aliphatic rings. The topological polar surface area (TPSA) is 111 Å². The number of esters is 1. The van der Waals surface area contributed by atoms with Crippen molar-refractivity contribution in [3.63, 3.8) is 0 Å². The molecule has 9 nitrogen and oxygen atoms in total. The number of carbonyl (C=O) groups excluding carboxylic acids is 1. The van der Waals surface area contributed by atoms with E-state index in [1.54, 1.807) is 37.0 Å². The Bertz CT molecular complexity index is 1320. The zero-order valence-corrected chi connectivity index (χ0v) is 18.4. The monoisotopic (exact) mass is 448 g/mol. The Hall–Kier alpha value is -3.85. The number of hydrogen-bond donors (Lipinski definition) is 1. The number of ether oxygens (including phenoxy) is 4. The minimum absolute atomic E-state index is 0.0990. The lowest BCUT2D eigenvalue weighted by atomic mass is 10.2. The van der Waals surface area contributed by atoms with Crippen LogP contribution < -0.4 is 15.2 Å². The molecule has 0 bridgehead atoms. The number of nitrogen functional groups attached to an aromatic ring is 1. The summed E-state index contributed by atoms with van der Waals surface area (Å²) in [6, 6.07) is 12.8. The summed E-state index contributed by atoms with van der Waals surface area (Å²) in [5.41, 5.74) is 9.47. The van der Waals surface area contributed by atoms with Crippen LogP contribution >= 0.6 is 0 Å². The molecule has 1 atom stereocenters. The highest BCUT2D eigenvalue weighted by Gasteiger charge is 2.27. The molecule has 1 saturated heterocycles. The van der Waals surface area contributed by atoms with Crippen molar-refractivity contribution in [2.75, 3.05) is 33.2 Å². The van der Waals surface area contributed by atoms with E-state index in [-0.39, 0.29) is 24.1 Å². The second-order valence-corrected chi connectivity index (χ2v) is 7.78. The smallest absolute Gasteiger partial charge is 0.344 e. The van der Waals surface area contributed by atoms with E-state index in [1.807, 2.05) is 24.3 Å². The van der Waals surface area contributed by atoms with Crippen molar-refractivity contribution >= 4 is 34.0 Å². The molecule has 4 aromatic rings. The average molecular weight is 448 g/mol. The molecule has 3 heterocycles. The lowest BCUT2D eigenvalue weighted by Gasteiger charge is -2.12. The molecule has 1 fully saturated rings. The fourth-order valence-corrected chi connectivity index (χ4v) is 4.06. The van der Waals surface area contributed by atoms with Crippen LogP contribution in [0, 0.1) is 0 Å². The van der Waals surface area contributed by atoms with Gasteiger partial charge in [-0.15, -0.1) is 0 Å². The SMILES string of the molecule is COc1cc(OC)cc(-n2c(N)c(C(=O)OC[C@@H]3CCCO3)c3nc4ccccc4nc32)c1. The van der Waals surface area contributed by atoms with E-state index in [1.165, 1.54) is 0 Å². The number of para-hydroxylation sites is 2. The van der Waals surface area contributed by atoms with Crippen molar-refractivity contribution in [1.29, 1.82) is 0 Å². The van der Waals surface area contributed by atoms with Gasteiger partial charge in [-0.25, -0.2) is 14.8 Å². The standard InChI is InChI=1S/C24H24N4O5/c1-30-16-10-14(11-17(12-16)31-2)28-22(25)20(24(29)33-13-15-6-5-9-32-15)21-23(28)27-19-8-4-3-7-18(19)26-21/h3-4,7-8,10-12,15H,5-6,9,13,25H2,1-2H3/t15-/m0/s1. The van der Waals surface area contributed by atoms with Gasteiger partial charge in [-0.3, -0.25) is 4.57 Å². The molecule has 0 amide bonds. The van der Waals surface area contributed by atoms with Crippen LogP contribution in [0.15, 0.2) is 42.5 Å². The Kier molecular flexibility index (Phi) is 5.47. The minimum atomic E-state index is -0.564. The van der Waals surface area contributed by atoms with E-state index < -0.39 is 5.97 Å². The predicted octanol–water partition coefficient (Wildman–Crippen LogP) is 3.51.